The third-order valence-electron chi connectivity index (χ3n) is 6.97. The summed E-state index contributed by atoms with van der Waals surface area (Å²) in [5.41, 5.74) is 2.84. The minimum atomic E-state index is -0.638. The van der Waals surface area contributed by atoms with Crippen molar-refractivity contribution < 1.29 is 18.7 Å². The average molecular weight is 558 g/mol. The first-order valence-electron chi connectivity index (χ1n) is 13.5. The van der Waals surface area contributed by atoms with E-state index in [0.717, 1.165) is 34.9 Å². The zero-order valence-electron chi connectivity index (χ0n) is 23.5. The molecule has 0 radical (unpaired) electrons. The smallest absolute Gasteiger partial charge is 0.407 e. The van der Waals surface area contributed by atoms with E-state index in [1.165, 1.54) is 12.1 Å². The average Bonchev–Trinajstić information content (AvgIpc) is 3.50. The van der Waals surface area contributed by atoms with Gasteiger partial charge in [-0.05, 0) is 63.4 Å². The first-order valence-corrected chi connectivity index (χ1v) is 13.5. The van der Waals surface area contributed by atoms with Crippen LogP contribution in [-0.2, 0) is 23.1 Å². The molecule has 1 aliphatic heterocycles. The third kappa shape index (κ3) is 6.22. The molecule has 1 atom stereocenters. The lowest BCUT2D eigenvalue weighted by molar-refractivity contribution is -0.133. The number of nitrogens with one attached hydrogen (secondary N) is 1. The molecule has 11 heteroatoms. The quantitative estimate of drug-likeness (QED) is 0.382. The number of nitrogens with zero attached hydrogens (tertiary/aromatic N) is 6. The van der Waals surface area contributed by atoms with Crippen LogP contribution in [0.25, 0.3) is 33.3 Å². The molecule has 212 valence electrons. The number of amides is 2. The number of rotatable bonds is 5. The van der Waals surface area contributed by atoms with E-state index >= 15 is 0 Å². The summed E-state index contributed by atoms with van der Waals surface area (Å²) in [5.74, 6) is -0.781. The van der Waals surface area contributed by atoms with Crippen molar-refractivity contribution in [3.8, 4) is 28.5 Å². The molecule has 10 nitrogen and oxygen atoms in total. The maximum atomic E-state index is 14.6. The number of carbonyl (C=O) groups excluding carboxylic acids is 2. The molecule has 0 saturated carbocycles. The zero-order chi connectivity index (χ0) is 29.3. The van der Waals surface area contributed by atoms with Crippen LogP contribution in [-0.4, -0.2) is 61.2 Å². The zero-order valence-corrected chi connectivity index (χ0v) is 23.5. The van der Waals surface area contributed by atoms with Gasteiger partial charge in [0.25, 0.3) is 0 Å². The number of nitriles is 1. The van der Waals surface area contributed by atoms with E-state index in [0.29, 0.717) is 24.3 Å². The molecule has 0 aliphatic carbocycles. The lowest BCUT2D eigenvalue weighted by Crippen LogP contribution is -2.51. The van der Waals surface area contributed by atoms with Crippen LogP contribution < -0.4 is 5.32 Å². The summed E-state index contributed by atoms with van der Waals surface area (Å²) in [7, 11) is 1.87. The molecule has 1 N–H and O–H groups in total. The number of aryl methyl sites for hydroxylation is 1. The summed E-state index contributed by atoms with van der Waals surface area (Å²) in [5, 5.41) is 22.0. The summed E-state index contributed by atoms with van der Waals surface area (Å²) in [6.07, 6.45) is 4.54. The summed E-state index contributed by atoms with van der Waals surface area (Å²) < 4.78 is 23.3. The SMILES string of the molecule is Cn1ncc2cc(-c3cn(CC(=O)N4CCC[C@@H](NC(=O)OC(C)(C)C)C4)nc3-c3ccc(C#N)c(F)c3)ccc21. The van der Waals surface area contributed by atoms with Crippen molar-refractivity contribution in [3.63, 3.8) is 0 Å². The molecule has 0 bridgehead atoms. The highest BCUT2D eigenvalue weighted by atomic mass is 19.1. The van der Waals surface area contributed by atoms with E-state index in [4.69, 9.17) is 15.1 Å². The molecule has 1 saturated heterocycles. The first kappa shape index (κ1) is 27.8. The van der Waals surface area contributed by atoms with Crippen molar-refractivity contribution in [2.24, 2.45) is 7.05 Å². The fraction of sp³-hybridized carbons (Fsp3) is 0.367. The number of piperidine rings is 1. The molecule has 3 heterocycles. The molecule has 2 aromatic heterocycles. The Bertz CT molecular complexity index is 1660. The Morgan fingerprint density at radius 2 is 1.98 bits per heavy atom. The Morgan fingerprint density at radius 3 is 2.71 bits per heavy atom. The van der Waals surface area contributed by atoms with Crippen LogP contribution >= 0.6 is 0 Å². The van der Waals surface area contributed by atoms with Gasteiger partial charge in [0.1, 0.15) is 29.7 Å². The van der Waals surface area contributed by atoms with E-state index < -0.39 is 17.5 Å². The summed E-state index contributed by atoms with van der Waals surface area (Å²) in [6.45, 7) is 6.33. The summed E-state index contributed by atoms with van der Waals surface area (Å²) >= 11 is 0. The number of ether oxygens (including phenoxy) is 1. The second kappa shape index (κ2) is 11.0. The van der Waals surface area contributed by atoms with Gasteiger partial charge in [-0.3, -0.25) is 14.2 Å². The Morgan fingerprint density at radius 1 is 1.20 bits per heavy atom. The van der Waals surface area contributed by atoms with Crippen LogP contribution in [0.5, 0.6) is 0 Å². The Balaban J connectivity index is 1.40. The lowest BCUT2D eigenvalue weighted by Gasteiger charge is -2.33. The van der Waals surface area contributed by atoms with Gasteiger partial charge in [-0.25, -0.2) is 9.18 Å². The monoisotopic (exact) mass is 557 g/mol. The topological polar surface area (TPSA) is 118 Å². The first-order chi connectivity index (χ1) is 19.5. The van der Waals surface area contributed by atoms with Crippen molar-refractivity contribution in [2.45, 2.75) is 51.8 Å². The predicted molar refractivity (Wildman–Crippen MR) is 151 cm³/mol. The maximum Gasteiger partial charge on any atom is 0.407 e. The molecule has 4 aromatic rings. The van der Waals surface area contributed by atoms with E-state index in [1.54, 1.807) is 53.5 Å². The van der Waals surface area contributed by atoms with Gasteiger partial charge in [0.2, 0.25) is 5.91 Å². The number of aromatic nitrogens is 4. The second-order valence-electron chi connectivity index (χ2n) is 11.3. The molecule has 41 heavy (non-hydrogen) atoms. The van der Waals surface area contributed by atoms with Crippen molar-refractivity contribution in [1.82, 2.24) is 29.8 Å². The second-order valence-corrected chi connectivity index (χ2v) is 11.3. The van der Waals surface area contributed by atoms with Crippen molar-refractivity contribution in [1.29, 1.82) is 5.26 Å². The molecule has 0 unspecified atom stereocenters. The lowest BCUT2D eigenvalue weighted by atomic mass is 10.00. The number of likely N-dealkylation sites (tertiary alicyclic amines) is 1. The van der Waals surface area contributed by atoms with Crippen LogP contribution in [0.3, 0.4) is 0 Å². The van der Waals surface area contributed by atoms with Gasteiger partial charge in [-0.1, -0.05) is 12.1 Å². The van der Waals surface area contributed by atoms with Crippen LogP contribution in [0.15, 0.2) is 48.8 Å². The number of carbonyl (C=O) groups is 2. The number of hydrogen-bond donors (Lipinski definition) is 1. The van der Waals surface area contributed by atoms with Crippen LogP contribution in [0.2, 0.25) is 0 Å². The predicted octanol–water partition coefficient (Wildman–Crippen LogP) is 4.63. The minimum Gasteiger partial charge on any atom is -0.444 e. The molecule has 1 aliphatic rings. The Kier molecular flexibility index (Phi) is 7.49. The van der Waals surface area contributed by atoms with E-state index in [1.807, 2.05) is 31.3 Å². The van der Waals surface area contributed by atoms with Gasteiger partial charge in [-0.15, -0.1) is 0 Å². The highest BCUT2D eigenvalue weighted by molar-refractivity contribution is 5.89. The van der Waals surface area contributed by atoms with Gasteiger partial charge < -0.3 is 15.0 Å². The molecule has 0 spiro atoms. The molecular formula is C30H32FN7O3. The highest BCUT2D eigenvalue weighted by Crippen LogP contribution is 2.33. The van der Waals surface area contributed by atoms with E-state index in [9.17, 15) is 14.0 Å². The standard InChI is InChI=1S/C30H32FN7O3/c1-30(2,3)41-29(40)34-23-6-5-11-37(16-23)27(39)18-38-17-24(19-9-10-26-22(12-19)15-33-36(26)4)28(35-38)20-7-8-21(14-32)25(31)13-20/h7-10,12-13,15,17,23H,5-6,11,16,18H2,1-4H3,(H,34,40)/t23-/m1/s1. The van der Waals surface area contributed by atoms with E-state index in [-0.39, 0.29) is 24.1 Å². The van der Waals surface area contributed by atoms with Gasteiger partial charge in [0, 0.05) is 48.9 Å². The molecular weight excluding hydrogens is 525 g/mol. The maximum absolute atomic E-state index is 14.6. The van der Waals surface area contributed by atoms with Crippen molar-refractivity contribution in [3.05, 3.63) is 60.2 Å². The highest BCUT2D eigenvalue weighted by Gasteiger charge is 2.27. The summed E-state index contributed by atoms with van der Waals surface area (Å²) in [6, 6.07) is 11.9. The van der Waals surface area contributed by atoms with Crippen molar-refractivity contribution in [2.75, 3.05) is 13.1 Å². The normalized spacial score (nSPS) is 15.5. The van der Waals surface area contributed by atoms with Crippen LogP contribution in [0.1, 0.15) is 39.2 Å². The van der Waals surface area contributed by atoms with Crippen molar-refractivity contribution >= 4 is 22.9 Å². The van der Waals surface area contributed by atoms with Crippen LogP contribution in [0.4, 0.5) is 9.18 Å². The number of benzene rings is 2. The number of halogens is 1. The van der Waals surface area contributed by atoms with Gasteiger partial charge in [0.05, 0.1) is 17.3 Å². The Labute approximate surface area is 237 Å². The Hall–Kier alpha value is -4.72. The number of hydrogen-bond acceptors (Lipinski definition) is 6. The summed E-state index contributed by atoms with van der Waals surface area (Å²) in [4.78, 5) is 27.3. The molecule has 1 fully saturated rings. The van der Waals surface area contributed by atoms with Gasteiger partial charge in [0.15, 0.2) is 0 Å². The molecule has 2 amide bonds. The van der Waals surface area contributed by atoms with Crippen LogP contribution in [0, 0.1) is 17.1 Å². The van der Waals surface area contributed by atoms with E-state index in [2.05, 4.69) is 10.4 Å². The largest absolute Gasteiger partial charge is 0.444 e. The third-order valence-corrected chi connectivity index (χ3v) is 6.97. The minimum absolute atomic E-state index is 0.0277. The molecule has 2 aromatic carbocycles. The van der Waals surface area contributed by atoms with Gasteiger partial charge >= 0.3 is 6.09 Å². The fourth-order valence-corrected chi connectivity index (χ4v) is 5.05. The fourth-order valence-electron chi connectivity index (χ4n) is 5.05. The number of fused-ring (bicyclic) bond motifs is 1. The van der Waals surface area contributed by atoms with Gasteiger partial charge in [-0.2, -0.15) is 15.5 Å². The molecule has 5 rings (SSSR count). The number of alkyl carbamates (subject to hydrolysis) is 1.